The second-order valence-corrected chi connectivity index (χ2v) is 5.94. The average molecular weight is 290 g/mol. The third-order valence-corrected chi connectivity index (χ3v) is 3.85. The zero-order valence-electron chi connectivity index (χ0n) is 12.5. The van der Waals surface area contributed by atoms with E-state index in [1.54, 1.807) is 10.4 Å². The van der Waals surface area contributed by atoms with Gasteiger partial charge in [-0.15, -0.1) is 0 Å². The first kappa shape index (κ1) is 15.5. The molecule has 0 bridgehead atoms. The number of nitrogens with zero attached hydrogens (tertiary/aromatic N) is 1. The van der Waals surface area contributed by atoms with Crippen molar-refractivity contribution in [1.82, 2.24) is 5.48 Å². The molecule has 0 saturated heterocycles. The summed E-state index contributed by atoms with van der Waals surface area (Å²) in [6.07, 6.45) is 1.47. The van der Waals surface area contributed by atoms with Gasteiger partial charge in [-0.05, 0) is 30.4 Å². The number of hydrogen-bond acceptors (Lipinski definition) is 3. The van der Waals surface area contributed by atoms with Crippen LogP contribution in [0.1, 0.15) is 32.3 Å². The number of nitrogens with one attached hydrogen (secondary N) is 1. The van der Waals surface area contributed by atoms with Crippen LogP contribution in [0.5, 0.6) is 0 Å². The summed E-state index contributed by atoms with van der Waals surface area (Å²) < 4.78 is 0. The van der Waals surface area contributed by atoms with Crippen LogP contribution in [0.15, 0.2) is 24.3 Å². The van der Waals surface area contributed by atoms with E-state index >= 15 is 0 Å². The first-order valence-electron chi connectivity index (χ1n) is 7.35. The zero-order chi connectivity index (χ0) is 15.4. The van der Waals surface area contributed by atoms with E-state index in [-0.39, 0.29) is 12.3 Å². The maximum absolute atomic E-state index is 12.6. The second kappa shape index (κ2) is 6.72. The summed E-state index contributed by atoms with van der Waals surface area (Å²) in [6, 6.07) is 7.82. The van der Waals surface area contributed by atoms with Crippen LogP contribution in [-0.2, 0) is 16.0 Å². The lowest BCUT2D eigenvalue weighted by molar-refractivity contribution is -0.134. The highest BCUT2D eigenvalue weighted by molar-refractivity contribution is 5.99. The molecule has 2 rings (SSSR count). The van der Waals surface area contributed by atoms with Crippen molar-refractivity contribution in [2.24, 2.45) is 11.8 Å². The van der Waals surface area contributed by atoms with Crippen LogP contribution >= 0.6 is 0 Å². The van der Waals surface area contributed by atoms with E-state index in [1.807, 2.05) is 24.3 Å². The number of fused-ring (bicyclic) bond motifs is 1. The van der Waals surface area contributed by atoms with Crippen LogP contribution in [0, 0.1) is 11.8 Å². The van der Waals surface area contributed by atoms with Crippen LogP contribution in [0.3, 0.4) is 0 Å². The number of carbonyl (C=O) groups excluding carboxylic acids is 2. The van der Waals surface area contributed by atoms with E-state index in [1.165, 1.54) is 0 Å². The lowest BCUT2D eigenvalue weighted by Crippen LogP contribution is -2.43. The number of anilines is 1. The van der Waals surface area contributed by atoms with E-state index in [2.05, 4.69) is 13.8 Å². The third kappa shape index (κ3) is 3.61. The van der Waals surface area contributed by atoms with Crippen LogP contribution < -0.4 is 10.4 Å². The molecule has 0 spiro atoms. The van der Waals surface area contributed by atoms with Gasteiger partial charge >= 0.3 is 0 Å². The first-order valence-corrected chi connectivity index (χ1v) is 7.35. The molecular formula is C16H22N2O3. The van der Waals surface area contributed by atoms with Gasteiger partial charge in [0.2, 0.25) is 11.8 Å². The summed E-state index contributed by atoms with van der Waals surface area (Å²) in [7, 11) is 0. The van der Waals surface area contributed by atoms with Crippen LogP contribution in [0.4, 0.5) is 5.69 Å². The van der Waals surface area contributed by atoms with Crippen LogP contribution in [0.25, 0.3) is 0 Å². The van der Waals surface area contributed by atoms with Gasteiger partial charge in [-0.1, -0.05) is 32.0 Å². The van der Waals surface area contributed by atoms with Crippen molar-refractivity contribution in [3.63, 3.8) is 0 Å². The summed E-state index contributed by atoms with van der Waals surface area (Å²) in [5.41, 5.74) is 3.64. The van der Waals surface area contributed by atoms with Gasteiger partial charge < -0.3 is 4.90 Å². The second-order valence-electron chi connectivity index (χ2n) is 5.94. The normalized spacial score (nSPS) is 17.8. The number of para-hydroxylation sites is 1. The van der Waals surface area contributed by atoms with E-state index in [9.17, 15) is 9.59 Å². The molecule has 0 saturated carbocycles. The van der Waals surface area contributed by atoms with Crippen LogP contribution in [-0.4, -0.2) is 23.6 Å². The number of rotatable bonds is 5. The summed E-state index contributed by atoms with van der Waals surface area (Å²) in [6.45, 7) is 4.90. The molecule has 1 aromatic carbocycles. The Morgan fingerprint density at radius 2 is 2.14 bits per heavy atom. The van der Waals surface area contributed by atoms with Crippen molar-refractivity contribution in [2.75, 3.05) is 11.4 Å². The Balaban J connectivity index is 2.24. The SMILES string of the molecule is CC(C)CCN1C(=O)C(CC(=O)NO)Cc2ccccc21. The number of hydrogen-bond donors (Lipinski definition) is 2. The number of amides is 2. The Morgan fingerprint density at radius 3 is 2.81 bits per heavy atom. The molecule has 5 nitrogen and oxygen atoms in total. The van der Waals surface area contributed by atoms with Crippen molar-refractivity contribution in [2.45, 2.75) is 33.1 Å². The van der Waals surface area contributed by atoms with Gasteiger partial charge in [0.15, 0.2) is 0 Å². The molecule has 1 heterocycles. The molecule has 0 aliphatic carbocycles. The smallest absolute Gasteiger partial charge is 0.244 e. The van der Waals surface area contributed by atoms with Crippen molar-refractivity contribution in [3.05, 3.63) is 29.8 Å². The van der Waals surface area contributed by atoms with Crippen LogP contribution in [0.2, 0.25) is 0 Å². The molecule has 2 amide bonds. The molecule has 0 radical (unpaired) electrons. The number of benzene rings is 1. The summed E-state index contributed by atoms with van der Waals surface area (Å²) >= 11 is 0. The lowest BCUT2D eigenvalue weighted by atomic mass is 9.88. The Morgan fingerprint density at radius 1 is 1.43 bits per heavy atom. The fourth-order valence-corrected chi connectivity index (χ4v) is 2.69. The standard InChI is InChI=1S/C16H22N2O3/c1-11(2)7-8-18-14-6-4-3-5-12(14)9-13(16(18)20)10-15(19)17-21/h3-6,11,13,21H,7-10H2,1-2H3,(H,17,19). The zero-order valence-corrected chi connectivity index (χ0v) is 12.5. The maximum Gasteiger partial charge on any atom is 0.244 e. The van der Waals surface area contributed by atoms with Gasteiger partial charge in [0.05, 0.1) is 5.92 Å². The molecule has 1 atom stereocenters. The molecule has 1 aliphatic rings. The van der Waals surface area contributed by atoms with Crippen molar-refractivity contribution in [3.8, 4) is 0 Å². The highest BCUT2D eigenvalue weighted by Crippen LogP contribution is 2.32. The predicted octanol–water partition coefficient (Wildman–Crippen LogP) is 2.13. The van der Waals surface area contributed by atoms with E-state index in [0.29, 0.717) is 18.9 Å². The molecule has 5 heteroatoms. The summed E-state index contributed by atoms with van der Waals surface area (Å²) in [5.74, 6) is -0.445. The molecule has 0 aromatic heterocycles. The molecular weight excluding hydrogens is 268 g/mol. The quantitative estimate of drug-likeness (QED) is 0.645. The highest BCUT2D eigenvalue weighted by atomic mass is 16.5. The molecule has 1 aromatic rings. The Labute approximate surface area is 124 Å². The monoisotopic (exact) mass is 290 g/mol. The van der Waals surface area contributed by atoms with Gasteiger partial charge in [0.1, 0.15) is 0 Å². The third-order valence-electron chi connectivity index (χ3n) is 3.85. The number of carbonyl (C=O) groups is 2. The summed E-state index contributed by atoms with van der Waals surface area (Å²) in [4.78, 5) is 25.8. The molecule has 2 N–H and O–H groups in total. The van der Waals surface area contributed by atoms with Crippen molar-refractivity contribution >= 4 is 17.5 Å². The minimum Gasteiger partial charge on any atom is -0.312 e. The van der Waals surface area contributed by atoms with Crippen molar-refractivity contribution in [1.29, 1.82) is 0 Å². The van der Waals surface area contributed by atoms with Gasteiger partial charge in [-0.25, -0.2) is 5.48 Å². The first-order chi connectivity index (χ1) is 10.0. The topological polar surface area (TPSA) is 69.6 Å². The van der Waals surface area contributed by atoms with E-state index in [4.69, 9.17) is 5.21 Å². The van der Waals surface area contributed by atoms with E-state index < -0.39 is 11.8 Å². The molecule has 1 unspecified atom stereocenters. The Bertz CT molecular complexity index is 528. The molecule has 1 aliphatic heterocycles. The predicted molar refractivity (Wildman–Crippen MR) is 80.0 cm³/mol. The lowest BCUT2D eigenvalue weighted by Gasteiger charge is -2.34. The van der Waals surface area contributed by atoms with Gasteiger partial charge in [0, 0.05) is 18.7 Å². The molecule has 114 valence electrons. The largest absolute Gasteiger partial charge is 0.312 e. The minimum atomic E-state index is -0.517. The van der Waals surface area contributed by atoms with Gasteiger partial charge in [-0.3, -0.25) is 14.8 Å². The van der Waals surface area contributed by atoms with Crippen molar-refractivity contribution < 1.29 is 14.8 Å². The molecule has 0 fully saturated rings. The Kier molecular flexibility index (Phi) is 4.96. The fourth-order valence-electron chi connectivity index (χ4n) is 2.69. The number of hydroxylamine groups is 1. The maximum atomic E-state index is 12.6. The fraction of sp³-hybridized carbons (Fsp3) is 0.500. The Hall–Kier alpha value is -1.88. The highest BCUT2D eigenvalue weighted by Gasteiger charge is 2.33. The average Bonchev–Trinajstić information content (AvgIpc) is 2.47. The van der Waals surface area contributed by atoms with E-state index in [0.717, 1.165) is 17.7 Å². The van der Waals surface area contributed by atoms with Gasteiger partial charge in [-0.2, -0.15) is 0 Å². The summed E-state index contributed by atoms with van der Waals surface area (Å²) in [5, 5.41) is 8.66. The van der Waals surface area contributed by atoms with Gasteiger partial charge in [0.25, 0.3) is 0 Å². The molecule has 21 heavy (non-hydrogen) atoms. The minimum absolute atomic E-state index is 0.0157.